The van der Waals surface area contributed by atoms with Crippen LogP contribution in [0.15, 0.2) is 18.3 Å². The molecule has 1 heterocycles. The fourth-order valence-corrected chi connectivity index (χ4v) is 1.03. The molecule has 0 fully saturated rings. The van der Waals surface area contributed by atoms with E-state index in [0.29, 0.717) is 17.8 Å². The van der Waals surface area contributed by atoms with Crippen LogP contribution in [-0.4, -0.2) is 17.4 Å². The normalized spacial score (nSPS) is 10.6. The Bertz CT molecular complexity index is 409. The van der Waals surface area contributed by atoms with E-state index in [4.69, 9.17) is 5.26 Å². The molecule has 0 spiro atoms. The second-order valence-electron chi connectivity index (χ2n) is 4.79. The Kier molecular flexibility index (Phi) is 3.62. The van der Waals surface area contributed by atoms with Gasteiger partial charge in [0.1, 0.15) is 11.8 Å². The number of hydrogen-bond acceptors (Lipinski definition) is 3. The molecule has 0 saturated heterocycles. The summed E-state index contributed by atoms with van der Waals surface area (Å²) < 4.78 is 0. The fraction of sp³-hybridized carbons (Fsp3) is 0.417. The predicted molar refractivity (Wildman–Crippen MR) is 60.7 cm³/mol. The summed E-state index contributed by atoms with van der Waals surface area (Å²) in [7, 11) is 0. The van der Waals surface area contributed by atoms with E-state index in [1.54, 1.807) is 12.1 Å². The molecule has 1 aromatic rings. The number of hydrogen-bond donors (Lipinski definition) is 1. The zero-order chi connectivity index (χ0) is 12.2. The van der Waals surface area contributed by atoms with Gasteiger partial charge in [-0.1, -0.05) is 20.8 Å². The molecule has 4 heteroatoms. The number of nitriles is 1. The molecule has 1 rings (SSSR count). The number of rotatable bonds is 2. The van der Waals surface area contributed by atoms with Crippen molar-refractivity contribution in [2.75, 3.05) is 6.54 Å². The largest absolute Gasteiger partial charge is 0.350 e. The van der Waals surface area contributed by atoms with Crippen LogP contribution in [0.5, 0.6) is 0 Å². The fourth-order valence-electron chi connectivity index (χ4n) is 1.03. The van der Waals surface area contributed by atoms with Crippen LogP contribution in [0.3, 0.4) is 0 Å². The molecule has 4 nitrogen and oxygen atoms in total. The first-order valence-electron chi connectivity index (χ1n) is 5.07. The van der Waals surface area contributed by atoms with Crippen molar-refractivity contribution in [2.24, 2.45) is 5.41 Å². The highest BCUT2D eigenvalue weighted by atomic mass is 16.1. The van der Waals surface area contributed by atoms with E-state index in [0.717, 1.165) is 0 Å². The van der Waals surface area contributed by atoms with E-state index < -0.39 is 0 Å². The first kappa shape index (κ1) is 12.2. The van der Waals surface area contributed by atoms with Crippen molar-refractivity contribution in [2.45, 2.75) is 20.8 Å². The molecule has 84 valence electrons. The predicted octanol–water partition coefficient (Wildman–Crippen LogP) is 1.73. The summed E-state index contributed by atoms with van der Waals surface area (Å²) in [5.74, 6) is -0.209. The highest BCUT2D eigenvalue weighted by Gasteiger charge is 2.13. The molecular weight excluding hydrogens is 202 g/mol. The number of carbonyl (C=O) groups excluding carboxylic acids is 1. The van der Waals surface area contributed by atoms with Gasteiger partial charge in [0.25, 0.3) is 5.91 Å². The third-order valence-corrected chi connectivity index (χ3v) is 1.90. The molecule has 0 aromatic carbocycles. The Morgan fingerprint density at radius 2 is 2.19 bits per heavy atom. The van der Waals surface area contributed by atoms with Crippen LogP contribution in [0.4, 0.5) is 0 Å². The minimum absolute atomic E-state index is 0.0439. The van der Waals surface area contributed by atoms with Crippen molar-refractivity contribution in [3.8, 4) is 6.07 Å². The van der Waals surface area contributed by atoms with Crippen molar-refractivity contribution >= 4 is 5.91 Å². The average molecular weight is 217 g/mol. The molecule has 1 amide bonds. The van der Waals surface area contributed by atoms with Gasteiger partial charge in [-0.2, -0.15) is 5.26 Å². The standard InChI is InChI=1S/C12H15N3O/c1-12(2,3)8-15-11(16)10-5-4-9(6-13)7-14-10/h4-5,7H,8H2,1-3H3,(H,15,16). The highest BCUT2D eigenvalue weighted by Crippen LogP contribution is 2.10. The Hall–Kier alpha value is -1.89. The van der Waals surface area contributed by atoms with E-state index >= 15 is 0 Å². The quantitative estimate of drug-likeness (QED) is 0.820. The number of aromatic nitrogens is 1. The molecule has 1 N–H and O–H groups in total. The van der Waals surface area contributed by atoms with Gasteiger partial charge in [-0.25, -0.2) is 4.98 Å². The van der Waals surface area contributed by atoms with E-state index in [-0.39, 0.29) is 11.3 Å². The molecule has 16 heavy (non-hydrogen) atoms. The lowest BCUT2D eigenvalue weighted by molar-refractivity contribution is 0.0934. The van der Waals surface area contributed by atoms with Gasteiger partial charge in [0.2, 0.25) is 0 Å². The lowest BCUT2D eigenvalue weighted by Gasteiger charge is -2.18. The summed E-state index contributed by atoms with van der Waals surface area (Å²) >= 11 is 0. The van der Waals surface area contributed by atoms with E-state index in [1.165, 1.54) is 6.20 Å². The van der Waals surface area contributed by atoms with Crippen LogP contribution in [0.2, 0.25) is 0 Å². The summed E-state index contributed by atoms with van der Waals surface area (Å²) in [6.45, 7) is 6.71. The Morgan fingerprint density at radius 1 is 1.50 bits per heavy atom. The number of carbonyl (C=O) groups is 1. The second-order valence-corrected chi connectivity index (χ2v) is 4.79. The number of nitrogens with zero attached hydrogens (tertiary/aromatic N) is 2. The minimum Gasteiger partial charge on any atom is -0.350 e. The lowest BCUT2D eigenvalue weighted by atomic mass is 9.97. The molecule has 0 radical (unpaired) electrons. The molecular formula is C12H15N3O. The van der Waals surface area contributed by atoms with Crippen LogP contribution in [0, 0.1) is 16.7 Å². The van der Waals surface area contributed by atoms with Gasteiger partial charge in [-0.05, 0) is 17.5 Å². The number of amides is 1. The van der Waals surface area contributed by atoms with Crippen molar-refractivity contribution in [3.63, 3.8) is 0 Å². The van der Waals surface area contributed by atoms with Crippen molar-refractivity contribution in [1.82, 2.24) is 10.3 Å². The Morgan fingerprint density at radius 3 is 2.62 bits per heavy atom. The summed E-state index contributed by atoms with van der Waals surface area (Å²) in [6, 6.07) is 5.09. The van der Waals surface area contributed by atoms with Crippen molar-refractivity contribution in [3.05, 3.63) is 29.6 Å². The zero-order valence-corrected chi connectivity index (χ0v) is 9.74. The Labute approximate surface area is 95.3 Å². The van der Waals surface area contributed by atoms with E-state index in [9.17, 15) is 4.79 Å². The van der Waals surface area contributed by atoms with Gasteiger partial charge in [0.15, 0.2) is 0 Å². The van der Waals surface area contributed by atoms with Gasteiger partial charge in [-0.3, -0.25) is 4.79 Å². The summed E-state index contributed by atoms with van der Waals surface area (Å²) in [5.41, 5.74) is 0.832. The summed E-state index contributed by atoms with van der Waals surface area (Å²) in [6.07, 6.45) is 1.39. The monoisotopic (exact) mass is 217 g/mol. The maximum absolute atomic E-state index is 11.6. The van der Waals surface area contributed by atoms with E-state index in [2.05, 4.69) is 10.3 Å². The number of pyridine rings is 1. The summed E-state index contributed by atoms with van der Waals surface area (Å²) in [4.78, 5) is 15.6. The molecule has 0 bridgehead atoms. The van der Waals surface area contributed by atoms with Gasteiger partial charge in [0.05, 0.1) is 5.56 Å². The van der Waals surface area contributed by atoms with Crippen LogP contribution in [0.25, 0.3) is 0 Å². The van der Waals surface area contributed by atoms with Crippen molar-refractivity contribution in [1.29, 1.82) is 5.26 Å². The van der Waals surface area contributed by atoms with Gasteiger partial charge in [0, 0.05) is 12.7 Å². The zero-order valence-electron chi connectivity index (χ0n) is 9.74. The maximum Gasteiger partial charge on any atom is 0.269 e. The van der Waals surface area contributed by atoms with Crippen LogP contribution in [0.1, 0.15) is 36.8 Å². The van der Waals surface area contributed by atoms with E-state index in [1.807, 2.05) is 26.8 Å². The molecule has 1 aromatic heterocycles. The lowest BCUT2D eigenvalue weighted by Crippen LogP contribution is -2.32. The first-order chi connectivity index (χ1) is 7.42. The summed E-state index contributed by atoms with van der Waals surface area (Å²) in [5, 5.41) is 11.4. The smallest absolute Gasteiger partial charge is 0.269 e. The second kappa shape index (κ2) is 4.75. The third kappa shape index (κ3) is 3.70. The Balaban J connectivity index is 2.64. The SMILES string of the molecule is CC(C)(C)CNC(=O)c1ccc(C#N)cn1. The molecule has 0 unspecified atom stereocenters. The molecule has 0 saturated carbocycles. The van der Waals surface area contributed by atoms with Crippen molar-refractivity contribution < 1.29 is 4.79 Å². The van der Waals surface area contributed by atoms with Crippen LogP contribution >= 0.6 is 0 Å². The maximum atomic E-state index is 11.6. The molecule has 0 aliphatic rings. The average Bonchev–Trinajstić information content (AvgIpc) is 2.25. The van der Waals surface area contributed by atoms with Crippen LogP contribution < -0.4 is 5.32 Å². The third-order valence-electron chi connectivity index (χ3n) is 1.90. The minimum atomic E-state index is -0.209. The first-order valence-corrected chi connectivity index (χ1v) is 5.07. The molecule has 0 aliphatic carbocycles. The van der Waals surface area contributed by atoms with Gasteiger partial charge < -0.3 is 5.32 Å². The van der Waals surface area contributed by atoms with Gasteiger partial charge >= 0.3 is 0 Å². The van der Waals surface area contributed by atoms with Crippen LogP contribution in [-0.2, 0) is 0 Å². The topological polar surface area (TPSA) is 65.8 Å². The highest BCUT2D eigenvalue weighted by molar-refractivity contribution is 5.92. The number of nitrogens with one attached hydrogen (secondary N) is 1. The van der Waals surface area contributed by atoms with Gasteiger partial charge in [-0.15, -0.1) is 0 Å². The molecule has 0 atom stereocenters. The molecule has 0 aliphatic heterocycles.